The molecule has 1 fully saturated rings. The van der Waals surface area contributed by atoms with Crippen LogP contribution in [0.2, 0.25) is 0 Å². The smallest absolute Gasteiger partial charge is 0.374 e. The second-order valence-electron chi connectivity index (χ2n) is 6.16. The third-order valence-corrected chi connectivity index (χ3v) is 4.69. The number of aliphatic hydroxyl groups is 3. The van der Waals surface area contributed by atoms with E-state index in [2.05, 4.69) is 4.74 Å². The molecular weight excluding hydrogens is 336 g/mol. The topological polar surface area (TPSA) is 136 Å². The Hall–Kier alpha value is -2.36. The minimum Gasteiger partial charge on any atom is -0.472 e. The van der Waals surface area contributed by atoms with Crippen LogP contribution >= 0.6 is 0 Å². The Morgan fingerprint density at radius 3 is 2.60 bits per heavy atom. The van der Waals surface area contributed by atoms with Crippen molar-refractivity contribution in [3.05, 3.63) is 36.0 Å². The largest absolute Gasteiger partial charge is 0.472 e. The summed E-state index contributed by atoms with van der Waals surface area (Å²) in [7, 11) is 1.15. The maximum Gasteiger partial charge on any atom is 0.374 e. The lowest BCUT2D eigenvalue weighted by atomic mass is 9.81. The molecule has 1 unspecified atom stereocenters. The van der Waals surface area contributed by atoms with Gasteiger partial charge in [-0.25, -0.2) is 9.59 Å². The highest BCUT2D eigenvalue weighted by molar-refractivity contribution is 5.89. The second-order valence-corrected chi connectivity index (χ2v) is 6.16. The van der Waals surface area contributed by atoms with Crippen molar-refractivity contribution in [1.29, 1.82) is 0 Å². The van der Waals surface area contributed by atoms with Crippen LogP contribution in [0.4, 0.5) is 0 Å². The van der Waals surface area contributed by atoms with Gasteiger partial charge in [-0.2, -0.15) is 0 Å². The summed E-state index contributed by atoms with van der Waals surface area (Å²) in [5.74, 6) is -3.95. The summed E-state index contributed by atoms with van der Waals surface area (Å²) in [5.41, 5.74) is -1.94. The molecule has 3 rings (SSSR count). The van der Waals surface area contributed by atoms with E-state index in [4.69, 9.17) is 13.9 Å². The molecule has 3 N–H and O–H groups in total. The van der Waals surface area contributed by atoms with E-state index in [0.29, 0.717) is 0 Å². The number of rotatable bonds is 3. The molecule has 0 radical (unpaired) electrons. The molecule has 0 bridgehead atoms. The average molecular weight is 354 g/mol. The monoisotopic (exact) mass is 354 g/mol. The molecule has 25 heavy (non-hydrogen) atoms. The fourth-order valence-corrected chi connectivity index (χ4v) is 3.51. The molecule has 2 aliphatic rings. The van der Waals surface area contributed by atoms with Crippen molar-refractivity contribution in [2.45, 2.75) is 31.0 Å². The number of hydrogen-bond acceptors (Lipinski definition) is 9. The Bertz CT molecular complexity index is 690. The number of furan rings is 1. The molecule has 9 nitrogen and oxygen atoms in total. The third-order valence-electron chi connectivity index (χ3n) is 4.69. The predicted molar refractivity (Wildman–Crippen MR) is 78.7 cm³/mol. The Morgan fingerprint density at radius 2 is 2.00 bits per heavy atom. The van der Waals surface area contributed by atoms with Crippen LogP contribution < -0.4 is 0 Å². The molecule has 2 heterocycles. The van der Waals surface area contributed by atoms with Crippen LogP contribution in [0.15, 0.2) is 34.6 Å². The molecule has 0 saturated heterocycles. The number of carbonyl (C=O) groups is 2. The van der Waals surface area contributed by atoms with Gasteiger partial charge in [0.25, 0.3) is 0 Å². The fraction of sp³-hybridized carbons (Fsp3) is 0.500. The number of methoxy groups -OCH3 is 1. The molecule has 136 valence electrons. The first-order valence-corrected chi connectivity index (χ1v) is 7.56. The Balaban J connectivity index is 1.93. The van der Waals surface area contributed by atoms with Crippen molar-refractivity contribution < 1.29 is 43.5 Å². The Labute approximate surface area is 142 Å². The van der Waals surface area contributed by atoms with E-state index in [1.807, 2.05) is 0 Å². The quantitative estimate of drug-likeness (QED) is 0.618. The summed E-state index contributed by atoms with van der Waals surface area (Å²) in [6.45, 7) is 1.29. The molecule has 0 spiro atoms. The summed E-state index contributed by atoms with van der Waals surface area (Å²) in [4.78, 5) is 24.0. The summed E-state index contributed by atoms with van der Waals surface area (Å²) in [6.07, 6.45) is -2.15. The van der Waals surface area contributed by atoms with Crippen LogP contribution in [0.25, 0.3) is 0 Å². The van der Waals surface area contributed by atoms with Crippen molar-refractivity contribution >= 4 is 11.9 Å². The van der Waals surface area contributed by atoms with Crippen molar-refractivity contribution in [3.63, 3.8) is 0 Å². The van der Waals surface area contributed by atoms with Gasteiger partial charge in [0.1, 0.15) is 11.7 Å². The minimum atomic E-state index is -1.88. The summed E-state index contributed by atoms with van der Waals surface area (Å²) < 4.78 is 19.8. The third kappa shape index (κ3) is 2.70. The lowest BCUT2D eigenvalue weighted by Gasteiger charge is -2.36. The van der Waals surface area contributed by atoms with Gasteiger partial charge in [0.05, 0.1) is 31.1 Å². The maximum absolute atomic E-state index is 12.1. The number of aliphatic hydroxyl groups excluding tert-OH is 2. The molecule has 0 amide bonds. The number of ether oxygens (including phenoxy) is 3. The van der Waals surface area contributed by atoms with Crippen LogP contribution in [0.1, 0.15) is 17.5 Å². The highest BCUT2D eigenvalue weighted by atomic mass is 16.6. The van der Waals surface area contributed by atoms with E-state index >= 15 is 0 Å². The van der Waals surface area contributed by atoms with Gasteiger partial charge in [-0.15, -0.1) is 0 Å². The van der Waals surface area contributed by atoms with Crippen molar-refractivity contribution in [3.8, 4) is 0 Å². The first-order valence-electron chi connectivity index (χ1n) is 7.56. The first kappa shape index (κ1) is 17.5. The van der Waals surface area contributed by atoms with E-state index in [1.165, 1.54) is 25.3 Å². The van der Waals surface area contributed by atoms with Crippen molar-refractivity contribution in [1.82, 2.24) is 0 Å². The Kier molecular flexibility index (Phi) is 4.31. The van der Waals surface area contributed by atoms with E-state index in [9.17, 15) is 24.9 Å². The molecule has 0 aromatic carbocycles. The molecule has 1 aromatic rings. The van der Waals surface area contributed by atoms with E-state index in [-0.39, 0.29) is 11.3 Å². The fourth-order valence-electron chi connectivity index (χ4n) is 3.51. The summed E-state index contributed by atoms with van der Waals surface area (Å²) >= 11 is 0. The number of hydrogen-bond donors (Lipinski definition) is 3. The summed E-state index contributed by atoms with van der Waals surface area (Å²) in [6, 6.07) is 2.85. The lowest BCUT2D eigenvalue weighted by Crippen LogP contribution is -2.49. The van der Waals surface area contributed by atoms with Crippen LogP contribution in [0.3, 0.4) is 0 Å². The summed E-state index contributed by atoms with van der Waals surface area (Å²) in [5, 5.41) is 31.5. The zero-order valence-electron chi connectivity index (χ0n) is 13.5. The molecule has 1 aromatic heterocycles. The van der Waals surface area contributed by atoms with Gasteiger partial charge in [0, 0.05) is 5.92 Å². The van der Waals surface area contributed by atoms with Crippen LogP contribution in [-0.2, 0) is 19.0 Å². The van der Waals surface area contributed by atoms with Gasteiger partial charge in [0.15, 0.2) is 6.10 Å². The zero-order valence-corrected chi connectivity index (χ0v) is 13.5. The molecule has 9 heteroatoms. The standard InChI is InChI=1S/C16H18O9/c1-16(21)10-9(7(13(18)22-2)6-24-15(10)20)11(17)12(16)25-14(19)8-4-3-5-23-8/h3-6,9-12,15,17,20-21H,1-2H3/t9-,10-,11+,12+,15?,16-/m1/s1. The van der Waals surface area contributed by atoms with E-state index < -0.39 is 47.9 Å². The zero-order chi connectivity index (χ0) is 18.4. The van der Waals surface area contributed by atoms with Crippen LogP contribution in [0.5, 0.6) is 0 Å². The van der Waals surface area contributed by atoms with Gasteiger partial charge in [-0.3, -0.25) is 0 Å². The average Bonchev–Trinajstić information content (AvgIpc) is 3.17. The SMILES string of the molecule is COC(=O)C1=COC(O)[C@H]2[C@@H]1[C@H](O)[C@H](OC(=O)c1ccco1)[C@]2(C)O. The van der Waals surface area contributed by atoms with Crippen molar-refractivity contribution in [2.24, 2.45) is 11.8 Å². The van der Waals surface area contributed by atoms with Gasteiger partial charge in [-0.1, -0.05) is 0 Å². The molecule has 1 aliphatic heterocycles. The van der Waals surface area contributed by atoms with Gasteiger partial charge in [-0.05, 0) is 19.1 Å². The van der Waals surface area contributed by atoms with Crippen molar-refractivity contribution in [2.75, 3.05) is 7.11 Å². The lowest BCUT2D eigenvalue weighted by molar-refractivity contribution is -0.179. The second kappa shape index (κ2) is 6.17. The normalized spacial score (nSPS) is 36.8. The number of esters is 2. The Morgan fingerprint density at radius 1 is 1.28 bits per heavy atom. The molecular formula is C16H18O9. The number of carbonyl (C=O) groups excluding carboxylic acids is 2. The van der Waals surface area contributed by atoms with Gasteiger partial charge < -0.3 is 33.9 Å². The molecule has 6 atom stereocenters. The van der Waals surface area contributed by atoms with Crippen LogP contribution in [0, 0.1) is 11.8 Å². The van der Waals surface area contributed by atoms with Crippen LogP contribution in [-0.4, -0.2) is 58.5 Å². The molecule has 1 aliphatic carbocycles. The number of fused-ring (bicyclic) bond motifs is 1. The van der Waals surface area contributed by atoms with Gasteiger partial charge in [0.2, 0.25) is 12.1 Å². The predicted octanol–water partition coefficient (Wildman–Crippen LogP) is -0.432. The molecule has 1 saturated carbocycles. The van der Waals surface area contributed by atoms with E-state index in [0.717, 1.165) is 13.4 Å². The van der Waals surface area contributed by atoms with E-state index in [1.54, 1.807) is 0 Å². The first-order chi connectivity index (χ1) is 11.8. The minimum absolute atomic E-state index is 0.0675. The highest BCUT2D eigenvalue weighted by Crippen LogP contribution is 2.49. The van der Waals surface area contributed by atoms with Gasteiger partial charge >= 0.3 is 11.9 Å². The highest BCUT2D eigenvalue weighted by Gasteiger charge is 2.65. The maximum atomic E-state index is 12.1.